The molecular formula is C15H18BrN3. The highest BCUT2D eigenvalue weighted by Gasteiger charge is 2.34. The van der Waals surface area contributed by atoms with Gasteiger partial charge in [0.25, 0.3) is 0 Å². The lowest BCUT2D eigenvalue weighted by Gasteiger charge is -2.16. The van der Waals surface area contributed by atoms with Crippen LogP contribution in [0.1, 0.15) is 37.5 Å². The molecule has 100 valence electrons. The first kappa shape index (κ1) is 11.9. The molecule has 1 saturated carbocycles. The van der Waals surface area contributed by atoms with Crippen LogP contribution in [0.5, 0.6) is 0 Å². The highest BCUT2D eigenvalue weighted by Crippen LogP contribution is 2.42. The minimum absolute atomic E-state index is 0.562. The first-order valence-corrected chi connectivity index (χ1v) is 7.91. The number of hydrogen-bond donors (Lipinski definition) is 1. The van der Waals surface area contributed by atoms with Gasteiger partial charge in [-0.15, -0.1) is 0 Å². The van der Waals surface area contributed by atoms with E-state index in [0.29, 0.717) is 17.9 Å². The van der Waals surface area contributed by atoms with Gasteiger partial charge in [-0.25, -0.2) is 4.98 Å². The third kappa shape index (κ3) is 1.93. The predicted octanol–water partition coefficient (Wildman–Crippen LogP) is 3.46. The largest absolute Gasteiger partial charge is 0.325 e. The molecule has 3 nitrogen and oxygen atoms in total. The summed E-state index contributed by atoms with van der Waals surface area (Å²) in [7, 11) is 0. The molecule has 2 heterocycles. The summed E-state index contributed by atoms with van der Waals surface area (Å²) in [6.45, 7) is 4.51. The smallest absolute Gasteiger partial charge is 0.114 e. The number of halogens is 1. The zero-order chi connectivity index (χ0) is 13.0. The van der Waals surface area contributed by atoms with Gasteiger partial charge in [0.05, 0.1) is 11.0 Å². The molecule has 1 aliphatic carbocycles. The van der Waals surface area contributed by atoms with Gasteiger partial charge in [-0.05, 0) is 43.5 Å². The summed E-state index contributed by atoms with van der Waals surface area (Å²) in [5.74, 6) is 2.54. The minimum atomic E-state index is 0.562. The van der Waals surface area contributed by atoms with Gasteiger partial charge in [-0.1, -0.05) is 22.9 Å². The lowest BCUT2D eigenvalue weighted by atomic mass is 9.97. The van der Waals surface area contributed by atoms with E-state index in [1.54, 1.807) is 0 Å². The van der Waals surface area contributed by atoms with E-state index in [-0.39, 0.29) is 0 Å². The fourth-order valence-electron chi connectivity index (χ4n) is 3.22. The summed E-state index contributed by atoms with van der Waals surface area (Å²) >= 11 is 3.55. The number of nitrogens with one attached hydrogen (secondary N) is 1. The van der Waals surface area contributed by atoms with Crippen LogP contribution >= 0.6 is 15.9 Å². The fourth-order valence-corrected chi connectivity index (χ4v) is 3.57. The molecule has 2 aliphatic rings. The topological polar surface area (TPSA) is 29.9 Å². The lowest BCUT2D eigenvalue weighted by Crippen LogP contribution is -2.14. The summed E-state index contributed by atoms with van der Waals surface area (Å²) in [5.41, 5.74) is 2.44. The number of aromatic nitrogens is 2. The van der Waals surface area contributed by atoms with Crippen molar-refractivity contribution in [2.45, 2.75) is 31.7 Å². The molecule has 1 N–H and O–H groups in total. The maximum absolute atomic E-state index is 4.96. The van der Waals surface area contributed by atoms with Crippen molar-refractivity contribution < 1.29 is 0 Å². The third-order valence-electron chi connectivity index (χ3n) is 4.44. The molecule has 4 rings (SSSR count). The monoisotopic (exact) mass is 319 g/mol. The van der Waals surface area contributed by atoms with E-state index in [0.717, 1.165) is 23.1 Å². The zero-order valence-electron chi connectivity index (χ0n) is 11.1. The SMILES string of the molecule is C[C@@H]1CNC[C@H]1c1nc2cc(Br)ccc2n1C1CC1. The normalized spacial score (nSPS) is 27.3. The standard InChI is InChI=1S/C15H18BrN3/c1-9-7-17-8-12(9)15-18-13-6-10(16)2-5-14(13)19(15)11-3-4-11/h2,5-6,9,11-12,17H,3-4,7-8H2,1H3/t9-,12-/m1/s1. The van der Waals surface area contributed by atoms with Crippen LogP contribution in [-0.4, -0.2) is 22.6 Å². The Bertz CT molecular complexity index is 630. The van der Waals surface area contributed by atoms with Crippen molar-refractivity contribution in [3.8, 4) is 0 Å². The molecule has 1 aliphatic heterocycles. The number of benzene rings is 1. The highest BCUT2D eigenvalue weighted by atomic mass is 79.9. The van der Waals surface area contributed by atoms with E-state index in [1.807, 2.05) is 0 Å². The predicted molar refractivity (Wildman–Crippen MR) is 80.5 cm³/mol. The van der Waals surface area contributed by atoms with Crippen molar-refractivity contribution in [2.75, 3.05) is 13.1 Å². The molecule has 1 aromatic carbocycles. The molecule has 0 spiro atoms. The fraction of sp³-hybridized carbons (Fsp3) is 0.533. The third-order valence-corrected chi connectivity index (χ3v) is 4.93. The molecule has 2 aromatic rings. The number of fused-ring (bicyclic) bond motifs is 1. The molecule has 19 heavy (non-hydrogen) atoms. The van der Waals surface area contributed by atoms with Crippen molar-refractivity contribution in [1.82, 2.24) is 14.9 Å². The second kappa shape index (κ2) is 4.32. The van der Waals surface area contributed by atoms with Gasteiger partial charge in [0, 0.05) is 23.0 Å². The van der Waals surface area contributed by atoms with Crippen molar-refractivity contribution in [3.05, 3.63) is 28.5 Å². The molecule has 1 aromatic heterocycles. The molecule has 0 unspecified atom stereocenters. The molecule has 1 saturated heterocycles. The van der Waals surface area contributed by atoms with Crippen molar-refractivity contribution in [2.24, 2.45) is 5.92 Å². The lowest BCUT2D eigenvalue weighted by molar-refractivity contribution is 0.519. The van der Waals surface area contributed by atoms with Gasteiger partial charge in [0.15, 0.2) is 0 Å². The maximum atomic E-state index is 4.96. The van der Waals surface area contributed by atoms with Crippen LogP contribution in [0.4, 0.5) is 0 Å². The molecule has 0 bridgehead atoms. The minimum Gasteiger partial charge on any atom is -0.325 e. The average molecular weight is 320 g/mol. The van der Waals surface area contributed by atoms with E-state index < -0.39 is 0 Å². The van der Waals surface area contributed by atoms with Crippen LogP contribution in [0.3, 0.4) is 0 Å². The van der Waals surface area contributed by atoms with Gasteiger partial charge in [0.1, 0.15) is 5.82 Å². The molecule has 4 heteroatoms. The maximum Gasteiger partial charge on any atom is 0.114 e. The van der Waals surface area contributed by atoms with Gasteiger partial charge in [-0.3, -0.25) is 0 Å². The quantitative estimate of drug-likeness (QED) is 0.918. The summed E-state index contributed by atoms with van der Waals surface area (Å²) in [6, 6.07) is 7.17. The van der Waals surface area contributed by atoms with E-state index in [9.17, 15) is 0 Å². The Morgan fingerprint density at radius 1 is 1.32 bits per heavy atom. The Labute approximate surface area is 121 Å². The molecule has 2 atom stereocenters. The van der Waals surface area contributed by atoms with Crippen molar-refractivity contribution in [3.63, 3.8) is 0 Å². The molecular weight excluding hydrogens is 302 g/mol. The summed E-state index contributed by atoms with van der Waals surface area (Å²) in [6.07, 6.45) is 2.62. The van der Waals surface area contributed by atoms with Crippen LogP contribution in [0.2, 0.25) is 0 Å². The Morgan fingerprint density at radius 2 is 2.16 bits per heavy atom. The number of hydrogen-bond acceptors (Lipinski definition) is 2. The molecule has 2 fully saturated rings. The van der Waals surface area contributed by atoms with Gasteiger partial charge < -0.3 is 9.88 Å². The average Bonchev–Trinajstić information content (AvgIpc) is 3.03. The Balaban J connectivity index is 1.91. The highest BCUT2D eigenvalue weighted by molar-refractivity contribution is 9.10. The van der Waals surface area contributed by atoms with E-state index in [1.165, 1.54) is 24.2 Å². The van der Waals surface area contributed by atoms with Crippen LogP contribution in [0.25, 0.3) is 11.0 Å². The van der Waals surface area contributed by atoms with Gasteiger partial charge in [0.2, 0.25) is 0 Å². The first-order chi connectivity index (χ1) is 9.24. The van der Waals surface area contributed by atoms with Crippen LogP contribution in [0, 0.1) is 5.92 Å². The number of nitrogens with zero attached hydrogens (tertiary/aromatic N) is 2. The van der Waals surface area contributed by atoms with Crippen LogP contribution in [-0.2, 0) is 0 Å². The molecule has 0 radical (unpaired) electrons. The Hall–Kier alpha value is -0.870. The van der Waals surface area contributed by atoms with Crippen LogP contribution < -0.4 is 5.32 Å². The van der Waals surface area contributed by atoms with E-state index >= 15 is 0 Å². The Kier molecular flexibility index (Phi) is 2.71. The Morgan fingerprint density at radius 3 is 2.84 bits per heavy atom. The van der Waals surface area contributed by atoms with Crippen LogP contribution in [0.15, 0.2) is 22.7 Å². The summed E-state index contributed by atoms with van der Waals surface area (Å²) in [4.78, 5) is 4.96. The second-order valence-electron chi connectivity index (χ2n) is 5.95. The number of rotatable bonds is 2. The zero-order valence-corrected chi connectivity index (χ0v) is 12.7. The second-order valence-corrected chi connectivity index (χ2v) is 6.86. The van der Waals surface area contributed by atoms with Crippen molar-refractivity contribution >= 4 is 27.0 Å². The van der Waals surface area contributed by atoms with Crippen molar-refractivity contribution in [1.29, 1.82) is 0 Å². The first-order valence-electron chi connectivity index (χ1n) is 7.12. The summed E-state index contributed by atoms with van der Waals surface area (Å²) in [5, 5.41) is 3.50. The van der Waals surface area contributed by atoms with Gasteiger partial charge >= 0.3 is 0 Å². The summed E-state index contributed by atoms with van der Waals surface area (Å²) < 4.78 is 3.63. The van der Waals surface area contributed by atoms with Gasteiger partial charge in [-0.2, -0.15) is 0 Å². The molecule has 0 amide bonds. The number of imidazole rings is 1. The van der Waals surface area contributed by atoms with E-state index in [4.69, 9.17) is 4.98 Å². The van der Waals surface area contributed by atoms with E-state index in [2.05, 4.69) is 50.9 Å².